The summed E-state index contributed by atoms with van der Waals surface area (Å²) in [5.74, 6) is 0.870. The summed E-state index contributed by atoms with van der Waals surface area (Å²) >= 11 is 6.12. The summed E-state index contributed by atoms with van der Waals surface area (Å²) in [4.78, 5) is 4.30. The zero-order chi connectivity index (χ0) is 16.5. The van der Waals surface area contributed by atoms with Crippen molar-refractivity contribution in [3.05, 3.63) is 34.9 Å². The summed E-state index contributed by atoms with van der Waals surface area (Å²) in [6, 6.07) is 8.21. The highest BCUT2D eigenvalue weighted by Crippen LogP contribution is 2.48. The Bertz CT molecular complexity index is 521. The van der Waals surface area contributed by atoms with Gasteiger partial charge in [-0.05, 0) is 50.3 Å². The standard InChI is InChI=1S/C18H28ClN3O.HI/c1-3-23-12-5-4-11-21-17(20-2)22-14-18(9-10-18)15-7-6-8-16(19)13-15;/h6-8,13H,3-5,9-12,14H2,1-2H3,(H2,20,21,22);1H. The van der Waals surface area contributed by atoms with E-state index in [1.165, 1.54) is 18.4 Å². The van der Waals surface area contributed by atoms with E-state index in [9.17, 15) is 0 Å². The zero-order valence-corrected chi connectivity index (χ0v) is 17.7. The van der Waals surface area contributed by atoms with Crippen molar-refractivity contribution in [2.75, 3.05) is 33.4 Å². The number of aliphatic imine (C=N–C) groups is 1. The van der Waals surface area contributed by atoms with Crippen molar-refractivity contribution in [2.24, 2.45) is 4.99 Å². The fourth-order valence-corrected chi connectivity index (χ4v) is 2.88. The fourth-order valence-electron chi connectivity index (χ4n) is 2.69. The van der Waals surface area contributed by atoms with Crippen LogP contribution in [0.4, 0.5) is 0 Å². The van der Waals surface area contributed by atoms with Crippen LogP contribution in [0.25, 0.3) is 0 Å². The Kier molecular flexibility index (Phi) is 10.0. The predicted octanol–water partition coefficient (Wildman–Crippen LogP) is 3.97. The average Bonchev–Trinajstić information content (AvgIpc) is 3.35. The van der Waals surface area contributed by atoms with Gasteiger partial charge in [0.1, 0.15) is 0 Å². The van der Waals surface area contributed by atoms with Crippen molar-refractivity contribution in [3.8, 4) is 0 Å². The lowest BCUT2D eigenvalue weighted by Gasteiger charge is -2.19. The Morgan fingerprint density at radius 3 is 2.71 bits per heavy atom. The summed E-state index contributed by atoms with van der Waals surface area (Å²) in [6.45, 7) is 5.46. The lowest BCUT2D eigenvalue weighted by molar-refractivity contribution is 0.143. The van der Waals surface area contributed by atoms with Gasteiger partial charge in [-0.15, -0.1) is 24.0 Å². The molecule has 0 aliphatic heterocycles. The minimum Gasteiger partial charge on any atom is -0.382 e. The van der Waals surface area contributed by atoms with Crippen LogP contribution >= 0.6 is 35.6 Å². The van der Waals surface area contributed by atoms with Gasteiger partial charge in [-0.3, -0.25) is 4.99 Å². The van der Waals surface area contributed by atoms with E-state index in [0.29, 0.717) is 0 Å². The number of nitrogens with zero attached hydrogens (tertiary/aromatic N) is 1. The Morgan fingerprint density at radius 1 is 1.29 bits per heavy atom. The molecule has 2 rings (SSSR count). The van der Waals surface area contributed by atoms with Gasteiger partial charge in [0.15, 0.2) is 5.96 Å². The number of halogens is 2. The first kappa shape index (κ1) is 21.5. The summed E-state index contributed by atoms with van der Waals surface area (Å²) < 4.78 is 5.34. The number of hydrogen-bond donors (Lipinski definition) is 2. The molecule has 0 bridgehead atoms. The van der Waals surface area contributed by atoms with E-state index < -0.39 is 0 Å². The lowest BCUT2D eigenvalue weighted by Crippen LogP contribution is -2.41. The van der Waals surface area contributed by atoms with Gasteiger partial charge < -0.3 is 15.4 Å². The monoisotopic (exact) mass is 465 g/mol. The highest BCUT2D eigenvalue weighted by Gasteiger charge is 2.44. The lowest BCUT2D eigenvalue weighted by atomic mass is 9.96. The van der Waals surface area contributed by atoms with Crippen molar-refractivity contribution in [1.82, 2.24) is 10.6 Å². The molecule has 0 amide bonds. The number of hydrogen-bond acceptors (Lipinski definition) is 2. The Labute approximate surface area is 167 Å². The van der Waals surface area contributed by atoms with Gasteiger partial charge in [0.2, 0.25) is 0 Å². The quantitative estimate of drug-likeness (QED) is 0.251. The number of rotatable bonds is 9. The summed E-state index contributed by atoms with van der Waals surface area (Å²) in [6.07, 6.45) is 4.56. The number of ether oxygens (including phenoxy) is 1. The molecule has 0 saturated heterocycles. The van der Waals surface area contributed by atoms with E-state index in [4.69, 9.17) is 16.3 Å². The first-order valence-corrected chi connectivity index (χ1v) is 8.86. The van der Waals surface area contributed by atoms with Gasteiger partial charge in [-0.2, -0.15) is 0 Å². The van der Waals surface area contributed by atoms with E-state index in [0.717, 1.165) is 50.1 Å². The minimum atomic E-state index is 0. The number of unbranched alkanes of at least 4 members (excludes halogenated alkanes) is 1. The maximum atomic E-state index is 6.12. The molecule has 1 aliphatic carbocycles. The fraction of sp³-hybridized carbons (Fsp3) is 0.611. The molecular formula is C18H29ClIN3O. The Hall–Kier alpha value is -0.530. The second kappa shape index (κ2) is 11.2. The average molecular weight is 466 g/mol. The van der Waals surface area contributed by atoms with Crippen molar-refractivity contribution >= 4 is 41.5 Å². The molecule has 0 spiro atoms. The first-order chi connectivity index (χ1) is 11.2. The topological polar surface area (TPSA) is 45.6 Å². The van der Waals surface area contributed by atoms with Gasteiger partial charge in [0.25, 0.3) is 0 Å². The van der Waals surface area contributed by atoms with Crippen LogP contribution in [0.5, 0.6) is 0 Å². The third-order valence-electron chi connectivity index (χ3n) is 4.32. The van der Waals surface area contributed by atoms with Crippen LogP contribution < -0.4 is 10.6 Å². The van der Waals surface area contributed by atoms with Crippen LogP contribution in [-0.2, 0) is 10.2 Å². The first-order valence-electron chi connectivity index (χ1n) is 8.48. The molecule has 1 saturated carbocycles. The Balaban J connectivity index is 0.00000288. The van der Waals surface area contributed by atoms with E-state index >= 15 is 0 Å². The number of guanidine groups is 1. The highest BCUT2D eigenvalue weighted by atomic mass is 127. The maximum Gasteiger partial charge on any atom is 0.191 e. The SMILES string of the molecule is CCOCCCCNC(=NC)NCC1(c2cccc(Cl)c2)CC1.I. The molecule has 0 heterocycles. The number of benzene rings is 1. The molecule has 1 aliphatic rings. The molecule has 4 nitrogen and oxygen atoms in total. The van der Waals surface area contributed by atoms with Crippen LogP contribution in [0.3, 0.4) is 0 Å². The van der Waals surface area contributed by atoms with Gasteiger partial charge >= 0.3 is 0 Å². The minimum absolute atomic E-state index is 0. The van der Waals surface area contributed by atoms with Gasteiger partial charge in [0.05, 0.1) is 0 Å². The van der Waals surface area contributed by atoms with E-state index in [2.05, 4.69) is 27.8 Å². The summed E-state index contributed by atoms with van der Waals surface area (Å²) in [5.41, 5.74) is 1.54. The highest BCUT2D eigenvalue weighted by molar-refractivity contribution is 14.0. The molecule has 2 N–H and O–H groups in total. The van der Waals surface area contributed by atoms with Crippen molar-refractivity contribution in [2.45, 2.75) is 38.0 Å². The van der Waals surface area contributed by atoms with Crippen LogP contribution in [0, 0.1) is 0 Å². The molecule has 0 unspecified atom stereocenters. The molecule has 6 heteroatoms. The molecule has 1 aromatic carbocycles. The van der Waals surface area contributed by atoms with Crippen molar-refractivity contribution in [3.63, 3.8) is 0 Å². The summed E-state index contributed by atoms with van der Waals surface area (Å²) in [5, 5.41) is 7.63. The molecule has 24 heavy (non-hydrogen) atoms. The van der Waals surface area contributed by atoms with Gasteiger partial charge in [0, 0.05) is 43.8 Å². The van der Waals surface area contributed by atoms with E-state index in [1.807, 2.05) is 26.1 Å². The molecule has 1 aromatic rings. The number of nitrogens with one attached hydrogen (secondary N) is 2. The largest absolute Gasteiger partial charge is 0.382 e. The molecule has 0 aromatic heterocycles. The molecule has 1 fully saturated rings. The smallest absolute Gasteiger partial charge is 0.191 e. The van der Waals surface area contributed by atoms with Crippen molar-refractivity contribution < 1.29 is 4.74 Å². The normalized spacial score (nSPS) is 15.5. The van der Waals surface area contributed by atoms with Crippen LogP contribution in [0.2, 0.25) is 5.02 Å². The summed E-state index contributed by atoms with van der Waals surface area (Å²) in [7, 11) is 1.81. The van der Waals surface area contributed by atoms with Crippen molar-refractivity contribution in [1.29, 1.82) is 0 Å². The van der Waals surface area contributed by atoms with E-state index in [-0.39, 0.29) is 29.4 Å². The second-order valence-electron chi connectivity index (χ2n) is 6.05. The van der Waals surface area contributed by atoms with Crippen LogP contribution in [0.1, 0.15) is 38.2 Å². The molecule has 0 atom stereocenters. The maximum absolute atomic E-state index is 6.12. The predicted molar refractivity (Wildman–Crippen MR) is 113 cm³/mol. The third kappa shape index (κ3) is 6.76. The zero-order valence-electron chi connectivity index (χ0n) is 14.6. The second-order valence-corrected chi connectivity index (χ2v) is 6.48. The molecular weight excluding hydrogens is 437 g/mol. The van der Waals surface area contributed by atoms with Gasteiger partial charge in [-0.25, -0.2) is 0 Å². The molecule has 136 valence electrons. The third-order valence-corrected chi connectivity index (χ3v) is 4.56. The molecule has 0 radical (unpaired) electrons. The Morgan fingerprint density at radius 2 is 2.08 bits per heavy atom. The van der Waals surface area contributed by atoms with Gasteiger partial charge in [-0.1, -0.05) is 23.7 Å². The van der Waals surface area contributed by atoms with Crippen LogP contribution in [-0.4, -0.2) is 39.3 Å². The van der Waals surface area contributed by atoms with Crippen LogP contribution in [0.15, 0.2) is 29.3 Å². The van der Waals surface area contributed by atoms with E-state index in [1.54, 1.807) is 0 Å².